The molecule has 2 saturated carbocycles. The van der Waals surface area contributed by atoms with Crippen molar-refractivity contribution in [2.45, 2.75) is 71.0 Å². The minimum Gasteiger partial charge on any atom is -0.481 e. The Morgan fingerprint density at radius 1 is 0.944 bits per heavy atom. The molecular formula is C15H26O3. The standard InChI is InChI=1S/C15H26O3/c1-10-7-11(2)9-14(8-10)18-13-5-3-12(4-6-13)15(16)17/h10-14H,3-9H2,1-2H3,(H,16,17). The number of carbonyl (C=O) groups is 1. The van der Waals surface area contributed by atoms with Gasteiger partial charge in [0.15, 0.2) is 0 Å². The minimum atomic E-state index is -0.631. The molecule has 18 heavy (non-hydrogen) atoms. The SMILES string of the molecule is CC1CC(C)CC(OC2CCC(C(=O)O)CC2)C1. The van der Waals surface area contributed by atoms with Gasteiger partial charge < -0.3 is 9.84 Å². The molecule has 1 N–H and O–H groups in total. The lowest BCUT2D eigenvalue weighted by atomic mass is 9.81. The lowest BCUT2D eigenvalue weighted by Gasteiger charge is -2.35. The van der Waals surface area contributed by atoms with Gasteiger partial charge in [0.1, 0.15) is 0 Å². The Balaban J connectivity index is 1.75. The normalized spacial score (nSPS) is 41.6. The van der Waals surface area contributed by atoms with Crippen molar-refractivity contribution >= 4 is 5.97 Å². The Morgan fingerprint density at radius 2 is 1.50 bits per heavy atom. The molecule has 2 aliphatic rings. The maximum absolute atomic E-state index is 10.9. The molecule has 0 aromatic carbocycles. The molecule has 0 aromatic rings. The van der Waals surface area contributed by atoms with Crippen molar-refractivity contribution in [2.75, 3.05) is 0 Å². The van der Waals surface area contributed by atoms with Crippen molar-refractivity contribution in [3.63, 3.8) is 0 Å². The number of hydrogen-bond acceptors (Lipinski definition) is 2. The van der Waals surface area contributed by atoms with Crippen LogP contribution in [0.1, 0.15) is 58.8 Å². The number of ether oxygens (including phenoxy) is 1. The van der Waals surface area contributed by atoms with Crippen LogP contribution in [0.5, 0.6) is 0 Å². The Bertz CT molecular complexity index is 271. The molecule has 0 saturated heterocycles. The molecule has 2 aliphatic carbocycles. The van der Waals surface area contributed by atoms with Crippen molar-refractivity contribution in [3.05, 3.63) is 0 Å². The van der Waals surface area contributed by atoms with Crippen molar-refractivity contribution in [3.8, 4) is 0 Å². The fraction of sp³-hybridized carbons (Fsp3) is 0.933. The summed E-state index contributed by atoms with van der Waals surface area (Å²) in [6.45, 7) is 4.63. The number of hydrogen-bond donors (Lipinski definition) is 1. The molecule has 104 valence electrons. The third-order valence-corrected chi connectivity index (χ3v) is 4.54. The van der Waals surface area contributed by atoms with E-state index in [2.05, 4.69) is 13.8 Å². The Kier molecular flexibility index (Phi) is 4.66. The molecule has 2 unspecified atom stereocenters. The average molecular weight is 254 g/mol. The maximum Gasteiger partial charge on any atom is 0.306 e. The van der Waals surface area contributed by atoms with Crippen LogP contribution < -0.4 is 0 Å². The Labute approximate surface area is 110 Å². The summed E-state index contributed by atoms with van der Waals surface area (Å²) >= 11 is 0. The van der Waals surface area contributed by atoms with E-state index in [0.717, 1.165) is 37.5 Å². The predicted molar refractivity (Wildman–Crippen MR) is 70.4 cm³/mol. The van der Waals surface area contributed by atoms with Gasteiger partial charge in [-0.25, -0.2) is 0 Å². The van der Waals surface area contributed by atoms with Crippen LogP contribution in [0.3, 0.4) is 0 Å². The molecule has 2 fully saturated rings. The third kappa shape index (κ3) is 3.71. The molecule has 3 nitrogen and oxygen atoms in total. The topological polar surface area (TPSA) is 46.5 Å². The van der Waals surface area contributed by atoms with Crippen molar-refractivity contribution in [2.24, 2.45) is 17.8 Å². The van der Waals surface area contributed by atoms with E-state index in [1.54, 1.807) is 0 Å². The quantitative estimate of drug-likeness (QED) is 0.838. The lowest BCUT2D eigenvalue weighted by Crippen LogP contribution is -2.33. The summed E-state index contributed by atoms with van der Waals surface area (Å²) in [6.07, 6.45) is 7.85. The van der Waals surface area contributed by atoms with Crippen molar-refractivity contribution in [1.29, 1.82) is 0 Å². The van der Waals surface area contributed by atoms with Crippen LogP contribution in [0.25, 0.3) is 0 Å². The van der Waals surface area contributed by atoms with Gasteiger partial charge in [-0.05, 0) is 56.8 Å². The minimum absolute atomic E-state index is 0.131. The number of carboxylic acids is 1. The van der Waals surface area contributed by atoms with Gasteiger partial charge in [-0.3, -0.25) is 4.79 Å². The van der Waals surface area contributed by atoms with Crippen LogP contribution in [-0.2, 0) is 9.53 Å². The van der Waals surface area contributed by atoms with Gasteiger partial charge in [0.25, 0.3) is 0 Å². The first-order chi connectivity index (χ1) is 8.54. The first-order valence-electron chi connectivity index (χ1n) is 7.42. The van der Waals surface area contributed by atoms with Crippen LogP contribution in [0.4, 0.5) is 0 Å². The van der Waals surface area contributed by atoms with Crippen LogP contribution in [0.15, 0.2) is 0 Å². The zero-order valence-electron chi connectivity index (χ0n) is 11.6. The van der Waals surface area contributed by atoms with Gasteiger partial charge in [-0.1, -0.05) is 13.8 Å². The molecule has 0 radical (unpaired) electrons. The molecule has 3 heteroatoms. The van der Waals surface area contributed by atoms with E-state index in [9.17, 15) is 4.79 Å². The summed E-state index contributed by atoms with van der Waals surface area (Å²) < 4.78 is 6.21. The second-order valence-electron chi connectivity index (χ2n) is 6.49. The second-order valence-corrected chi connectivity index (χ2v) is 6.49. The smallest absolute Gasteiger partial charge is 0.306 e. The highest BCUT2D eigenvalue weighted by molar-refractivity contribution is 5.70. The van der Waals surface area contributed by atoms with Gasteiger partial charge >= 0.3 is 5.97 Å². The molecule has 0 bridgehead atoms. The summed E-state index contributed by atoms with van der Waals surface area (Å²) in [6, 6.07) is 0. The van der Waals surface area contributed by atoms with E-state index in [1.807, 2.05) is 0 Å². The molecule has 0 aromatic heterocycles. The molecule has 0 heterocycles. The van der Waals surface area contributed by atoms with Gasteiger partial charge in [0.2, 0.25) is 0 Å². The Morgan fingerprint density at radius 3 is 2.00 bits per heavy atom. The highest BCUT2D eigenvalue weighted by Crippen LogP contribution is 2.34. The highest BCUT2D eigenvalue weighted by atomic mass is 16.5. The summed E-state index contributed by atoms with van der Waals surface area (Å²) in [7, 11) is 0. The zero-order chi connectivity index (χ0) is 13.1. The van der Waals surface area contributed by atoms with E-state index in [4.69, 9.17) is 9.84 Å². The van der Waals surface area contributed by atoms with E-state index in [0.29, 0.717) is 12.2 Å². The number of aliphatic carboxylic acids is 1. The molecule has 0 amide bonds. The largest absolute Gasteiger partial charge is 0.481 e. The van der Waals surface area contributed by atoms with E-state index in [1.165, 1.54) is 19.3 Å². The first-order valence-corrected chi connectivity index (χ1v) is 7.42. The molecule has 2 rings (SSSR count). The molecule has 0 spiro atoms. The van der Waals surface area contributed by atoms with Crippen LogP contribution >= 0.6 is 0 Å². The van der Waals surface area contributed by atoms with Gasteiger partial charge in [0.05, 0.1) is 18.1 Å². The van der Waals surface area contributed by atoms with Gasteiger partial charge in [0, 0.05) is 0 Å². The summed E-state index contributed by atoms with van der Waals surface area (Å²) in [4.78, 5) is 10.9. The van der Waals surface area contributed by atoms with E-state index >= 15 is 0 Å². The summed E-state index contributed by atoms with van der Waals surface area (Å²) in [5.74, 6) is 0.783. The molecule has 0 aliphatic heterocycles. The fourth-order valence-corrected chi connectivity index (χ4v) is 3.70. The average Bonchev–Trinajstić information content (AvgIpc) is 2.28. The second kappa shape index (κ2) is 6.05. The fourth-order valence-electron chi connectivity index (χ4n) is 3.70. The zero-order valence-corrected chi connectivity index (χ0v) is 11.6. The highest BCUT2D eigenvalue weighted by Gasteiger charge is 2.30. The van der Waals surface area contributed by atoms with Crippen LogP contribution in [-0.4, -0.2) is 23.3 Å². The van der Waals surface area contributed by atoms with E-state index in [-0.39, 0.29) is 5.92 Å². The van der Waals surface area contributed by atoms with Gasteiger partial charge in [-0.2, -0.15) is 0 Å². The van der Waals surface area contributed by atoms with Crippen molar-refractivity contribution < 1.29 is 14.6 Å². The number of carboxylic acid groups (broad SMARTS) is 1. The molecular weight excluding hydrogens is 228 g/mol. The lowest BCUT2D eigenvalue weighted by molar-refractivity contribution is -0.144. The van der Waals surface area contributed by atoms with Gasteiger partial charge in [-0.15, -0.1) is 0 Å². The Hall–Kier alpha value is -0.570. The maximum atomic E-state index is 10.9. The monoisotopic (exact) mass is 254 g/mol. The number of rotatable bonds is 3. The predicted octanol–water partition coefficient (Wildman–Crippen LogP) is 3.47. The molecule has 2 atom stereocenters. The van der Waals surface area contributed by atoms with Crippen LogP contribution in [0.2, 0.25) is 0 Å². The van der Waals surface area contributed by atoms with E-state index < -0.39 is 5.97 Å². The first kappa shape index (κ1) is 13.9. The van der Waals surface area contributed by atoms with Crippen molar-refractivity contribution in [1.82, 2.24) is 0 Å². The van der Waals surface area contributed by atoms with Crippen LogP contribution in [0, 0.1) is 17.8 Å². The summed E-state index contributed by atoms with van der Waals surface area (Å²) in [5.41, 5.74) is 0. The summed E-state index contributed by atoms with van der Waals surface area (Å²) in [5, 5.41) is 8.97. The third-order valence-electron chi connectivity index (χ3n) is 4.54.